The van der Waals surface area contributed by atoms with Crippen LogP contribution in [-0.2, 0) is 22.7 Å². The molecule has 8 heteroatoms. The maximum Gasteiger partial charge on any atom is 0.317 e. The topological polar surface area (TPSA) is 93.4 Å². The van der Waals surface area contributed by atoms with E-state index in [0.29, 0.717) is 11.0 Å². The summed E-state index contributed by atoms with van der Waals surface area (Å²) in [6.07, 6.45) is 3.08. The number of nitrogens with one attached hydrogen (secondary N) is 1. The summed E-state index contributed by atoms with van der Waals surface area (Å²) in [4.78, 5) is 53.1. The largest absolute Gasteiger partial charge is 0.345 e. The number of benzene rings is 2. The molecule has 1 atom stereocenters. The van der Waals surface area contributed by atoms with Gasteiger partial charge in [-0.05, 0) is 50.8 Å². The summed E-state index contributed by atoms with van der Waals surface area (Å²) >= 11 is 0. The first kappa shape index (κ1) is 24.4. The molecule has 0 saturated carbocycles. The predicted molar refractivity (Wildman–Crippen MR) is 135 cm³/mol. The van der Waals surface area contributed by atoms with Gasteiger partial charge < -0.3 is 14.8 Å². The number of hydrogen-bond acceptors (Lipinski definition) is 4. The Balaban J connectivity index is 1.51. The van der Waals surface area contributed by atoms with Gasteiger partial charge in [0, 0.05) is 26.1 Å². The fourth-order valence-electron chi connectivity index (χ4n) is 4.60. The third-order valence-corrected chi connectivity index (χ3v) is 6.58. The molecule has 8 nitrogen and oxygen atoms in total. The molecule has 0 unspecified atom stereocenters. The highest BCUT2D eigenvalue weighted by atomic mass is 16.2. The number of carbonyl (C=O) groups is 2. The lowest BCUT2D eigenvalue weighted by molar-refractivity contribution is -0.136. The van der Waals surface area contributed by atoms with Gasteiger partial charge in [-0.1, -0.05) is 42.0 Å². The first-order chi connectivity index (χ1) is 16.8. The zero-order valence-electron chi connectivity index (χ0n) is 20.3. The van der Waals surface area contributed by atoms with Gasteiger partial charge in [0.25, 0.3) is 0 Å². The van der Waals surface area contributed by atoms with Crippen LogP contribution >= 0.6 is 0 Å². The van der Waals surface area contributed by atoms with Crippen molar-refractivity contribution in [3.63, 3.8) is 0 Å². The van der Waals surface area contributed by atoms with E-state index >= 15 is 0 Å². The molecule has 4 rings (SSSR count). The van der Waals surface area contributed by atoms with Crippen molar-refractivity contribution >= 4 is 22.8 Å². The van der Waals surface area contributed by atoms with E-state index in [2.05, 4.69) is 5.32 Å². The Morgan fingerprint density at radius 1 is 0.886 bits per heavy atom. The molecule has 1 aliphatic rings. The van der Waals surface area contributed by atoms with Crippen LogP contribution in [0, 0.1) is 6.92 Å². The number of para-hydroxylation sites is 2. The third-order valence-electron chi connectivity index (χ3n) is 6.58. The smallest absolute Gasteiger partial charge is 0.317 e. The fraction of sp³-hybridized carbons (Fsp3) is 0.407. The Bertz CT molecular complexity index is 1330. The second-order valence-corrected chi connectivity index (χ2v) is 9.25. The summed E-state index contributed by atoms with van der Waals surface area (Å²) in [5, 5.41) is 2.75. The van der Waals surface area contributed by atoms with E-state index in [0.717, 1.165) is 43.5 Å². The molecule has 0 aliphatic carbocycles. The highest BCUT2D eigenvalue weighted by molar-refractivity contribution is 5.87. The highest BCUT2D eigenvalue weighted by Gasteiger charge is 2.23. The van der Waals surface area contributed by atoms with Crippen LogP contribution in [-0.4, -0.2) is 45.0 Å². The summed E-state index contributed by atoms with van der Waals surface area (Å²) < 4.78 is 2.85. The summed E-state index contributed by atoms with van der Waals surface area (Å²) in [5.41, 5.74) is 1.97. The maximum atomic E-state index is 13.0. The molecule has 1 fully saturated rings. The van der Waals surface area contributed by atoms with Gasteiger partial charge in [0.1, 0.15) is 6.04 Å². The normalized spacial score (nSPS) is 14.6. The van der Waals surface area contributed by atoms with E-state index in [4.69, 9.17) is 0 Å². The fourth-order valence-corrected chi connectivity index (χ4v) is 4.60. The molecule has 2 heterocycles. The number of nitrogens with zero attached hydrogens (tertiary/aromatic N) is 3. The number of rotatable bonds is 7. The van der Waals surface area contributed by atoms with Crippen LogP contribution in [0.4, 0.5) is 0 Å². The van der Waals surface area contributed by atoms with Crippen LogP contribution in [0.25, 0.3) is 11.0 Å². The average Bonchev–Trinajstić information content (AvgIpc) is 2.87. The van der Waals surface area contributed by atoms with Crippen LogP contribution in [0.1, 0.15) is 43.7 Å². The Kier molecular flexibility index (Phi) is 7.48. The van der Waals surface area contributed by atoms with Gasteiger partial charge >= 0.3 is 11.1 Å². The molecule has 35 heavy (non-hydrogen) atoms. The Hall–Kier alpha value is -3.68. The Morgan fingerprint density at radius 3 is 2.14 bits per heavy atom. The van der Waals surface area contributed by atoms with Gasteiger partial charge in [0.2, 0.25) is 11.8 Å². The number of aromatic nitrogens is 2. The van der Waals surface area contributed by atoms with Gasteiger partial charge in [-0.25, -0.2) is 0 Å². The summed E-state index contributed by atoms with van der Waals surface area (Å²) in [6, 6.07) is 14.4. The Labute approximate surface area is 204 Å². The zero-order valence-corrected chi connectivity index (χ0v) is 20.3. The minimum atomic E-state index is -0.666. The third kappa shape index (κ3) is 5.53. The first-order valence-corrected chi connectivity index (χ1v) is 12.2. The van der Waals surface area contributed by atoms with Crippen molar-refractivity contribution in [1.29, 1.82) is 0 Å². The second kappa shape index (κ2) is 10.7. The number of likely N-dealkylation sites (tertiary alicyclic amines) is 1. The average molecular weight is 477 g/mol. The van der Waals surface area contributed by atoms with Gasteiger partial charge in [-0.2, -0.15) is 0 Å². The number of aryl methyl sites for hydroxylation is 2. The van der Waals surface area contributed by atoms with Crippen LogP contribution < -0.4 is 16.4 Å². The molecule has 0 spiro atoms. The molecule has 0 bridgehead atoms. The SMILES string of the molecule is Cc1ccc(Cn2c(=O)c(=O)n(CCC(=O)N[C@H](C)C(=O)N3CCCCC3)c3ccccc32)cc1. The van der Waals surface area contributed by atoms with Gasteiger partial charge in [-0.3, -0.25) is 23.7 Å². The number of hydrogen-bond donors (Lipinski definition) is 1. The van der Waals surface area contributed by atoms with Crippen molar-refractivity contribution in [3.05, 3.63) is 80.4 Å². The maximum absolute atomic E-state index is 13.0. The first-order valence-electron chi connectivity index (χ1n) is 12.2. The quantitative estimate of drug-likeness (QED) is 0.530. The molecule has 3 aromatic rings. The second-order valence-electron chi connectivity index (χ2n) is 9.25. The molecule has 0 radical (unpaired) electrons. The zero-order chi connectivity index (χ0) is 24.9. The van der Waals surface area contributed by atoms with Crippen molar-refractivity contribution in [2.75, 3.05) is 13.1 Å². The van der Waals surface area contributed by atoms with Gasteiger partial charge in [0.15, 0.2) is 0 Å². The molecule has 2 amide bonds. The number of fused-ring (bicyclic) bond motifs is 1. The molecular formula is C27H32N4O4. The van der Waals surface area contributed by atoms with Gasteiger partial charge in [0.05, 0.1) is 17.6 Å². The Morgan fingerprint density at radius 2 is 1.49 bits per heavy atom. The van der Waals surface area contributed by atoms with Crippen LogP contribution in [0.3, 0.4) is 0 Å². The van der Waals surface area contributed by atoms with E-state index in [1.807, 2.05) is 37.3 Å². The minimum Gasteiger partial charge on any atom is -0.345 e. The lowest BCUT2D eigenvalue weighted by Crippen LogP contribution is -2.48. The van der Waals surface area contributed by atoms with Crippen molar-refractivity contribution in [2.45, 2.75) is 58.7 Å². The minimum absolute atomic E-state index is 0.0110. The number of piperidine rings is 1. The van der Waals surface area contributed by atoms with Gasteiger partial charge in [-0.15, -0.1) is 0 Å². The number of amides is 2. The van der Waals surface area contributed by atoms with Crippen molar-refractivity contribution in [1.82, 2.24) is 19.4 Å². The van der Waals surface area contributed by atoms with E-state index in [1.165, 1.54) is 9.13 Å². The van der Waals surface area contributed by atoms with Crippen LogP contribution in [0.2, 0.25) is 0 Å². The molecule has 1 saturated heterocycles. The van der Waals surface area contributed by atoms with E-state index in [1.54, 1.807) is 30.0 Å². The lowest BCUT2D eigenvalue weighted by atomic mass is 10.1. The predicted octanol–water partition coefficient (Wildman–Crippen LogP) is 2.43. The monoisotopic (exact) mass is 476 g/mol. The molecule has 2 aromatic carbocycles. The summed E-state index contributed by atoms with van der Waals surface area (Å²) in [6.45, 7) is 5.46. The molecule has 1 N–H and O–H groups in total. The molecule has 184 valence electrons. The van der Waals surface area contributed by atoms with Crippen molar-refractivity contribution in [3.8, 4) is 0 Å². The molecule has 1 aliphatic heterocycles. The van der Waals surface area contributed by atoms with Crippen LogP contribution in [0.15, 0.2) is 58.1 Å². The number of carbonyl (C=O) groups excluding carboxylic acids is 2. The van der Waals surface area contributed by atoms with Crippen molar-refractivity contribution in [2.24, 2.45) is 0 Å². The molecular weight excluding hydrogens is 444 g/mol. The van der Waals surface area contributed by atoms with Crippen molar-refractivity contribution < 1.29 is 9.59 Å². The van der Waals surface area contributed by atoms with Crippen LogP contribution in [0.5, 0.6) is 0 Å². The lowest BCUT2D eigenvalue weighted by Gasteiger charge is -2.29. The summed E-state index contributed by atoms with van der Waals surface area (Å²) in [7, 11) is 0. The van der Waals surface area contributed by atoms with E-state index in [9.17, 15) is 19.2 Å². The van der Waals surface area contributed by atoms with E-state index < -0.39 is 17.2 Å². The highest BCUT2D eigenvalue weighted by Crippen LogP contribution is 2.14. The van der Waals surface area contributed by atoms with E-state index in [-0.39, 0.29) is 31.3 Å². The summed E-state index contributed by atoms with van der Waals surface area (Å²) in [5.74, 6) is -0.415. The molecule has 1 aromatic heterocycles. The standard InChI is InChI=1S/C27H32N4O4/c1-19-10-12-21(13-11-19)18-31-23-9-5-4-8-22(23)30(26(34)27(31)35)17-14-24(32)28-20(2)25(33)29-15-6-3-7-16-29/h4-5,8-13,20H,3,6-7,14-18H2,1-2H3,(H,28,32)/t20-/m1/s1.